The second-order valence-electron chi connectivity index (χ2n) is 9.11. The van der Waals surface area contributed by atoms with Crippen molar-refractivity contribution in [1.82, 2.24) is 0 Å². The molecule has 0 aliphatic carbocycles. The van der Waals surface area contributed by atoms with Crippen molar-refractivity contribution in [3.05, 3.63) is 0 Å². The van der Waals surface area contributed by atoms with E-state index < -0.39 is 78.3 Å². The summed E-state index contributed by atoms with van der Waals surface area (Å²) in [5.74, 6) is -9.15. The average Bonchev–Trinajstić information content (AvgIpc) is 2.89. The summed E-state index contributed by atoms with van der Waals surface area (Å²) in [4.78, 5) is 76.8. The van der Waals surface area contributed by atoms with Crippen molar-refractivity contribution in [3.8, 4) is 0 Å². The number of carbonyl (C=O) groups is 6. The molecule has 1 saturated heterocycles. The number of rotatable bonds is 16. The Morgan fingerprint density at radius 1 is 0.784 bits per heavy atom. The lowest BCUT2D eigenvalue weighted by Crippen LogP contribution is -2.73. The summed E-state index contributed by atoms with van der Waals surface area (Å²) in [5, 5.41) is 30.2. The molecular formula is C25H38O12. The van der Waals surface area contributed by atoms with Crippen LogP contribution >= 0.6 is 0 Å². The van der Waals surface area contributed by atoms with Crippen LogP contribution < -0.4 is 0 Å². The monoisotopic (exact) mass is 530 g/mol. The minimum Gasteiger partial charge on any atom is -0.445 e. The van der Waals surface area contributed by atoms with Gasteiger partial charge in [0.2, 0.25) is 17.8 Å². The largest absolute Gasteiger partial charge is 0.445 e. The third kappa shape index (κ3) is 7.42. The zero-order valence-electron chi connectivity index (χ0n) is 21.7. The van der Waals surface area contributed by atoms with Gasteiger partial charge < -0.3 is 29.5 Å². The summed E-state index contributed by atoms with van der Waals surface area (Å²) >= 11 is 0. The second kappa shape index (κ2) is 14.9. The molecular weight excluding hydrogens is 492 g/mol. The van der Waals surface area contributed by atoms with Gasteiger partial charge in [0.15, 0.2) is 17.3 Å². The molecule has 12 heteroatoms. The van der Waals surface area contributed by atoms with Gasteiger partial charge in [0, 0.05) is 6.42 Å². The standard InChI is InChI=1S/C25H38O12/c1-4-5-6-7-8-9-10-11-12-13-20(30)25(24(34,16(2)28)17(3)29)23(33)36-18(14-26)21(31)35-19(15-27)22(32)37-25/h18-19,26-27,34H,4-15H2,1-3H3. The summed E-state index contributed by atoms with van der Waals surface area (Å²) < 4.78 is 14.6. The van der Waals surface area contributed by atoms with Crippen molar-refractivity contribution in [3.63, 3.8) is 0 Å². The topological polar surface area (TPSA) is 191 Å². The molecule has 0 amide bonds. The maximum Gasteiger partial charge on any atom is 0.363 e. The van der Waals surface area contributed by atoms with E-state index in [4.69, 9.17) is 9.47 Å². The number of carbonyl (C=O) groups excluding carboxylic acids is 6. The minimum absolute atomic E-state index is 0.161. The maximum absolute atomic E-state index is 13.5. The van der Waals surface area contributed by atoms with Crippen LogP contribution in [-0.4, -0.2) is 87.2 Å². The number of ketones is 3. The van der Waals surface area contributed by atoms with Crippen molar-refractivity contribution >= 4 is 35.3 Å². The molecule has 12 nitrogen and oxygen atoms in total. The SMILES string of the molecule is CCCCCCCCCCCC(=O)C1(C(O)(C(C)=O)C(C)=O)OC(=O)C(CO)OC(=O)C(CO)OC1=O. The summed E-state index contributed by atoms with van der Waals surface area (Å²) in [7, 11) is 0. The molecule has 0 radical (unpaired) electrons. The molecule has 3 atom stereocenters. The number of aliphatic hydroxyl groups is 3. The molecule has 3 N–H and O–H groups in total. The summed E-state index contributed by atoms with van der Waals surface area (Å²) in [6, 6.07) is 0. The van der Waals surface area contributed by atoms with E-state index in [1.165, 1.54) is 0 Å². The molecule has 3 unspecified atom stereocenters. The predicted molar refractivity (Wildman–Crippen MR) is 126 cm³/mol. The molecule has 0 aromatic heterocycles. The first-order valence-electron chi connectivity index (χ1n) is 12.6. The highest BCUT2D eigenvalue weighted by molar-refractivity contribution is 6.24. The van der Waals surface area contributed by atoms with Gasteiger partial charge in [-0.25, -0.2) is 14.4 Å². The molecule has 0 bridgehead atoms. The Morgan fingerprint density at radius 2 is 1.24 bits per heavy atom. The van der Waals surface area contributed by atoms with Crippen LogP contribution in [0, 0.1) is 0 Å². The highest BCUT2D eigenvalue weighted by atomic mass is 16.7. The fraction of sp³-hybridized carbons (Fsp3) is 0.760. The van der Waals surface area contributed by atoms with E-state index in [2.05, 4.69) is 11.7 Å². The summed E-state index contributed by atoms with van der Waals surface area (Å²) in [6.45, 7) is 1.19. The van der Waals surface area contributed by atoms with Gasteiger partial charge in [-0.1, -0.05) is 58.3 Å². The molecule has 1 aliphatic heterocycles. The average molecular weight is 531 g/mol. The normalized spacial score (nSPS) is 22.7. The van der Waals surface area contributed by atoms with Crippen molar-refractivity contribution in [2.24, 2.45) is 0 Å². The number of hydrogen-bond donors (Lipinski definition) is 3. The van der Waals surface area contributed by atoms with E-state index in [1.807, 2.05) is 0 Å². The lowest BCUT2D eigenvalue weighted by atomic mass is 9.72. The number of unbranched alkanes of at least 4 members (excludes halogenated alkanes) is 8. The van der Waals surface area contributed by atoms with Crippen LogP contribution in [0.15, 0.2) is 0 Å². The smallest absolute Gasteiger partial charge is 0.363 e. The van der Waals surface area contributed by atoms with E-state index in [0.29, 0.717) is 20.3 Å². The van der Waals surface area contributed by atoms with Crippen LogP contribution in [0.3, 0.4) is 0 Å². The number of Topliss-reactive ketones (excluding diaryl/α,β-unsaturated/α-hetero) is 3. The zero-order chi connectivity index (χ0) is 28.2. The third-order valence-corrected chi connectivity index (χ3v) is 6.33. The quantitative estimate of drug-likeness (QED) is 0.108. The molecule has 0 aromatic carbocycles. The fourth-order valence-electron chi connectivity index (χ4n) is 4.12. The van der Waals surface area contributed by atoms with Gasteiger partial charge in [-0.2, -0.15) is 0 Å². The van der Waals surface area contributed by atoms with E-state index in [-0.39, 0.29) is 6.42 Å². The highest BCUT2D eigenvalue weighted by Gasteiger charge is 2.71. The first-order chi connectivity index (χ1) is 17.4. The van der Waals surface area contributed by atoms with E-state index in [9.17, 15) is 44.1 Å². The van der Waals surface area contributed by atoms with E-state index in [1.54, 1.807) is 0 Å². The Labute approximate surface area is 215 Å². The molecule has 1 rings (SSSR count). The number of esters is 3. The number of hydrogen-bond acceptors (Lipinski definition) is 12. The van der Waals surface area contributed by atoms with E-state index >= 15 is 0 Å². The van der Waals surface area contributed by atoms with Crippen LogP contribution in [0.4, 0.5) is 0 Å². The van der Waals surface area contributed by atoms with Gasteiger partial charge in [0.1, 0.15) is 0 Å². The molecule has 0 saturated carbocycles. The zero-order valence-corrected chi connectivity index (χ0v) is 21.7. The summed E-state index contributed by atoms with van der Waals surface area (Å²) in [6.07, 6.45) is 3.16. The molecule has 1 aliphatic rings. The van der Waals surface area contributed by atoms with Crippen LogP contribution in [0.5, 0.6) is 0 Å². The Balaban J connectivity index is 3.34. The fourth-order valence-corrected chi connectivity index (χ4v) is 4.12. The first kappa shape index (κ1) is 32.3. The van der Waals surface area contributed by atoms with Gasteiger partial charge in [-0.15, -0.1) is 0 Å². The van der Waals surface area contributed by atoms with Gasteiger partial charge in [-0.3, -0.25) is 14.4 Å². The second-order valence-corrected chi connectivity index (χ2v) is 9.11. The van der Waals surface area contributed by atoms with Gasteiger partial charge >= 0.3 is 23.5 Å². The number of aliphatic hydroxyl groups excluding tert-OH is 2. The van der Waals surface area contributed by atoms with Crippen molar-refractivity contribution in [2.75, 3.05) is 13.2 Å². The predicted octanol–water partition coefficient (Wildman–Crippen LogP) is 0.489. The molecule has 1 fully saturated rings. The molecule has 1 heterocycles. The van der Waals surface area contributed by atoms with Gasteiger partial charge in [0.05, 0.1) is 13.2 Å². The lowest BCUT2D eigenvalue weighted by molar-refractivity contribution is -0.216. The highest BCUT2D eigenvalue weighted by Crippen LogP contribution is 2.35. The van der Waals surface area contributed by atoms with Gasteiger partial charge in [0.25, 0.3) is 0 Å². The van der Waals surface area contributed by atoms with Crippen LogP contribution in [0.25, 0.3) is 0 Å². The first-order valence-corrected chi connectivity index (χ1v) is 12.6. The number of cyclic esters (lactones) is 3. The van der Waals surface area contributed by atoms with Crippen molar-refractivity contribution in [1.29, 1.82) is 0 Å². The lowest BCUT2D eigenvalue weighted by Gasteiger charge is -2.39. The molecule has 0 spiro atoms. The summed E-state index contributed by atoms with van der Waals surface area (Å²) in [5.41, 5.74) is -7.04. The molecule has 210 valence electrons. The maximum atomic E-state index is 13.5. The van der Waals surface area contributed by atoms with Crippen LogP contribution in [-0.2, 0) is 43.0 Å². The Kier molecular flexibility index (Phi) is 13.0. The van der Waals surface area contributed by atoms with Crippen molar-refractivity contribution < 1.29 is 58.3 Å². The number of ether oxygens (including phenoxy) is 3. The van der Waals surface area contributed by atoms with Gasteiger partial charge in [-0.05, 0) is 20.3 Å². The van der Waals surface area contributed by atoms with E-state index in [0.717, 1.165) is 44.9 Å². The Morgan fingerprint density at radius 3 is 1.70 bits per heavy atom. The molecule has 0 aromatic rings. The Hall–Kier alpha value is -2.70. The third-order valence-electron chi connectivity index (χ3n) is 6.33. The van der Waals surface area contributed by atoms with Crippen molar-refractivity contribution in [2.45, 2.75) is 108 Å². The minimum atomic E-state index is -3.53. The Bertz CT molecular complexity index is 835. The van der Waals surface area contributed by atoms with Crippen LogP contribution in [0.1, 0.15) is 85.0 Å². The molecule has 37 heavy (non-hydrogen) atoms. The van der Waals surface area contributed by atoms with Crippen LogP contribution in [0.2, 0.25) is 0 Å².